The van der Waals surface area contributed by atoms with Crippen LogP contribution >= 0.6 is 0 Å². The van der Waals surface area contributed by atoms with Crippen molar-refractivity contribution in [2.24, 2.45) is 11.8 Å². The number of piperidine rings is 1. The molecular formula is C11H15N. The molecule has 1 atom stereocenters. The van der Waals surface area contributed by atoms with Crippen molar-refractivity contribution in [2.75, 3.05) is 13.1 Å². The Balaban J connectivity index is 2.53. The number of rotatable bonds is 2. The van der Waals surface area contributed by atoms with Gasteiger partial charge in [-0.15, -0.1) is 12.2 Å². The number of hydrogen-bond acceptors (Lipinski definition) is 1. The highest BCUT2D eigenvalue weighted by Gasteiger charge is 2.19. The highest BCUT2D eigenvalue weighted by molar-refractivity contribution is 5.07. The van der Waals surface area contributed by atoms with Crippen LogP contribution in [0, 0.1) is 24.2 Å². The Morgan fingerprint density at radius 2 is 2.17 bits per heavy atom. The van der Waals surface area contributed by atoms with Crippen molar-refractivity contribution in [3.05, 3.63) is 18.4 Å². The topological polar surface area (TPSA) is 12.0 Å². The standard InChI is InChI=1S/C11H15N/c1-3-5-10(4-2)11-6-8-12-9-7-11/h2,5,10-12H,1,6-9H2. The van der Waals surface area contributed by atoms with E-state index in [2.05, 4.69) is 23.5 Å². The highest BCUT2D eigenvalue weighted by Crippen LogP contribution is 2.21. The van der Waals surface area contributed by atoms with Gasteiger partial charge < -0.3 is 5.32 Å². The molecule has 1 N–H and O–H groups in total. The van der Waals surface area contributed by atoms with E-state index < -0.39 is 0 Å². The van der Waals surface area contributed by atoms with Crippen molar-refractivity contribution >= 4 is 0 Å². The van der Waals surface area contributed by atoms with Crippen LogP contribution in [0.5, 0.6) is 0 Å². The first-order valence-corrected chi connectivity index (χ1v) is 4.41. The zero-order valence-electron chi connectivity index (χ0n) is 7.34. The second-order valence-corrected chi connectivity index (χ2v) is 3.15. The van der Waals surface area contributed by atoms with Gasteiger partial charge in [0.25, 0.3) is 0 Å². The molecule has 0 spiro atoms. The highest BCUT2D eigenvalue weighted by atomic mass is 14.9. The maximum atomic E-state index is 5.42. The molecular weight excluding hydrogens is 146 g/mol. The van der Waals surface area contributed by atoms with Crippen LogP contribution < -0.4 is 5.32 Å². The van der Waals surface area contributed by atoms with Gasteiger partial charge in [0.05, 0.1) is 0 Å². The third kappa shape index (κ3) is 2.27. The fourth-order valence-corrected chi connectivity index (χ4v) is 1.65. The Labute approximate surface area is 74.6 Å². The fourth-order valence-electron chi connectivity index (χ4n) is 1.65. The molecule has 1 fully saturated rings. The lowest BCUT2D eigenvalue weighted by molar-refractivity contribution is 0.339. The predicted molar refractivity (Wildman–Crippen MR) is 51.6 cm³/mol. The smallest absolute Gasteiger partial charge is 0.0483 e. The van der Waals surface area contributed by atoms with Crippen molar-refractivity contribution in [1.29, 1.82) is 0 Å². The van der Waals surface area contributed by atoms with E-state index in [-0.39, 0.29) is 5.92 Å². The number of hydrogen-bond donors (Lipinski definition) is 1. The molecule has 1 heteroatoms. The van der Waals surface area contributed by atoms with Crippen LogP contribution in [0.1, 0.15) is 12.8 Å². The van der Waals surface area contributed by atoms with Gasteiger partial charge in [0, 0.05) is 5.92 Å². The monoisotopic (exact) mass is 161 g/mol. The number of terminal acetylenes is 1. The van der Waals surface area contributed by atoms with Crippen LogP contribution in [0.25, 0.3) is 0 Å². The Morgan fingerprint density at radius 1 is 1.50 bits per heavy atom. The van der Waals surface area contributed by atoms with Crippen LogP contribution in [0.2, 0.25) is 0 Å². The third-order valence-corrected chi connectivity index (χ3v) is 2.38. The Morgan fingerprint density at radius 3 is 2.67 bits per heavy atom. The largest absolute Gasteiger partial charge is 0.317 e. The first-order valence-electron chi connectivity index (χ1n) is 4.41. The molecule has 12 heavy (non-hydrogen) atoms. The van der Waals surface area contributed by atoms with Gasteiger partial charge in [-0.2, -0.15) is 0 Å². The van der Waals surface area contributed by atoms with Crippen LogP contribution in [0.3, 0.4) is 0 Å². The summed E-state index contributed by atoms with van der Waals surface area (Å²) in [5, 5.41) is 3.32. The zero-order valence-corrected chi connectivity index (χ0v) is 7.34. The summed E-state index contributed by atoms with van der Waals surface area (Å²) >= 11 is 0. The van der Waals surface area contributed by atoms with Crippen molar-refractivity contribution in [3.63, 3.8) is 0 Å². The SMILES string of the molecule is C#CC(C=C=C)C1CCNCC1. The zero-order chi connectivity index (χ0) is 8.81. The summed E-state index contributed by atoms with van der Waals surface area (Å²) in [5.41, 5.74) is 2.78. The van der Waals surface area contributed by atoms with Crippen molar-refractivity contribution < 1.29 is 0 Å². The third-order valence-electron chi connectivity index (χ3n) is 2.38. The van der Waals surface area contributed by atoms with Gasteiger partial charge in [-0.3, -0.25) is 0 Å². The minimum Gasteiger partial charge on any atom is -0.317 e. The fraction of sp³-hybridized carbons (Fsp3) is 0.545. The normalized spacial score (nSPS) is 20.6. The van der Waals surface area contributed by atoms with Gasteiger partial charge in [-0.05, 0) is 37.9 Å². The summed E-state index contributed by atoms with van der Waals surface area (Å²) in [5.74, 6) is 3.66. The molecule has 0 aromatic heterocycles. The molecule has 1 heterocycles. The van der Waals surface area contributed by atoms with Gasteiger partial charge >= 0.3 is 0 Å². The van der Waals surface area contributed by atoms with E-state index in [1.165, 1.54) is 12.8 Å². The van der Waals surface area contributed by atoms with E-state index in [4.69, 9.17) is 6.42 Å². The summed E-state index contributed by atoms with van der Waals surface area (Å²) < 4.78 is 0. The average molecular weight is 161 g/mol. The van der Waals surface area contributed by atoms with E-state index in [9.17, 15) is 0 Å². The second-order valence-electron chi connectivity index (χ2n) is 3.15. The Kier molecular flexibility index (Phi) is 3.67. The van der Waals surface area contributed by atoms with Crippen LogP contribution in [-0.4, -0.2) is 13.1 Å². The minimum atomic E-state index is 0.240. The lowest BCUT2D eigenvalue weighted by Gasteiger charge is -2.25. The van der Waals surface area contributed by atoms with Gasteiger partial charge in [-0.1, -0.05) is 12.5 Å². The van der Waals surface area contributed by atoms with E-state index >= 15 is 0 Å². The lowest BCUT2D eigenvalue weighted by Crippen LogP contribution is -2.30. The van der Waals surface area contributed by atoms with Crippen LogP contribution in [-0.2, 0) is 0 Å². The molecule has 1 aliphatic rings. The van der Waals surface area contributed by atoms with E-state index in [1.807, 2.05) is 6.08 Å². The van der Waals surface area contributed by atoms with E-state index in [0.717, 1.165) is 13.1 Å². The maximum Gasteiger partial charge on any atom is 0.0483 e. The van der Waals surface area contributed by atoms with Crippen LogP contribution in [0.4, 0.5) is 0 Å². The lowest BCUT2D eigenvalue weighted by atomic mass is 9.85. The first kappa shape index (κ1) is 9.13. The molecule has 0 amide bonds. The summed E-state index contributed by atoms with van der Waals surface area (Å²) in [6.45, 7) is 5.73. The Bertz CT molecular complexity index is 212. The van der Waals surface area contributed by atoms with Crippen LogP contribution in [0.15, 0.2) is 18.4 Å². The molecule has 0 aromatic rings. The molecule has 0 saturated carbocycles. The molecule has 1 nitrogen and oxygen atoms in total. The molecule has 1 rings (SSSR count). The van der Waals surface area contributed by atoms with Gasteiger partial charge in [0.15, 0.2) is 0 Å². The van der Waals surface area contributed by atoms with Gasteiger partial charge in [0.2, 0.25) is 0 Å². The first-order chi connectivity index (χ1) is 5.88. The van der Waals surface area contributed by atoms with Crippen molar-refractivity contribution in [2.45, 2.75) is 12.8 Å². The van der Waals surface area contributed by atoms with Crippen molar-refractivity contribution in [3.8, 4) is 12.3 Å². The second kappa shape index (κ2) is 4.83. The molecule has 1 unspecified atom stereocenters. The predicted octanol–water partition coefficient (Wildman–Crippen LogP) is 1.58. The molecule has 1 saturated heterocycles. The maximum absolute atomic E-state index is 5.42. The average Bonchev–Trinajstić information content (AvgIpc) is 2.15. The van der Waals surface area contributed by atoms with E-state index in [1.54, 1.807) is 0 Å². The number of allylic oxidation sites excluding steroid dienone is 1. The molecule has 0 aliphatic carbocycles. The summed E-state index contributed by atoms with van der Waals surface area (Å²) in [6, 6.07) is 0. The molecule has 0 bridgehead atoms. The van der Waals surface area contributed by atoms with E-state index in [0.29, 0.717) is 5.92 Å². The Hall–Kier alpha value is -0.960. The van der Waals surface area contributed by atoms with Gasteiger partial charge in [-0.25, -0.2) is 0 Å². The quantitative estimate of drug-likeness (QED) is 0.479. The molecule has 0 radical (unpaired) electrons. The van der Waals surface area contributed by atoms with Gasteiger partial charge in [0.1, 0.15) is 0 Å². The summed E-state index contributed by atoms with van der Waals surface area (Å²) in [4.78, 5) is 0. The molecule has 64 valence electrons. The minimum absolute atomic E-state index is 0.240. The molecule has 0 aromatic carbocycles. The summed E-state index contributed by atoms with van der Waals surface area (Å²) in [7, 11) is 0. The van der Waals surface area contributed by atoms with Crippen molar-refractivity contribution in [1.82, 2.24) is 5.32 Å². The summed E-state index contributed by atoms with van der Waals surface area (Å²) in [6.07, 6.45) is 9.68. The molecule has 1 aliphatic heterocycles. The number of nitrogens with one attached hydrogen (secondary N) is 1.